The summed E-state index contributed by atoms with van der Waals surface area (Å²) >= 11 is 0. The predicted octanol–water partition coefficient (Wildman–Crippen LogP) is 1.76. The highest BCUT2D eigenvalue weighted by Crippen LogP contribution is 2.16. The topological polar surface area (TPSA) is 68.5 Å². The first-order valence-electron chi connectivity index (χ1n) is 6.76. The van der Waals surface area contributed by atoms with E-state index in [9.17, 15) is 4.79 Å². The molecule has 0 unspecified atom stereocenters. The summed E-state index contributed by atoms with van der Waals surface area (Å²) in [4.78, 5) is 13.8. The predicted molar refractivity (Wildman–Crippen MR) is 75.4 cm³/mol. The Morgan fingerprint density at radius 3 is 3.14 bits per heavy atom. The van der Waals surface area contributed by atoms with Crippen molar-refractivity contribution >= 4 is 12.0 Å². The summed E-state index contributed by atoms with van der Waals surface area (Å²) in [6.07, 6.45) is 7.10. The molecule has 2 aromatic heterocycles. The first kappa shape index (κ1) is 13.4. The van der Waals surface area contributed by atoms with Crippen molar-refractivity contribution in [3.8, 4) is 5.88 Å². The smallest absolute Gasteiger partial charge is 0.246 e. The van der Waals surface area contributed by atoms with Crippen molar-refractivity contribution in [1.29, 1.82) is 0 Å². The molecular formula is C15H15N3O3. The summed E-state index contributed by atoms with van der Waals surface area (Å²) in [7, 11) is 0. The molecule has 0 saturated carbocycles. The highest BCUT2D eigenvalue weighted by atomic mass is 16.5. The first-order chi connectivity index (χ1) is 10.3. The normalized spacial score (nSPS) is 18.3. The van der Waals surface area contributed by atoms with Crippen LogP contribution in [0.3, 0.4) is 0 Å². The maximum atomic E-state index is 12.1. The van der Waals surface area contributed by atoms with Gasteiger partial charge < -0.3 is 14.1 Å². The fourth-order valence-electron chi connectivity index (χ4n) is 2.19. The van der Waals surface area contributed by atoms with Crippen LogP contribution in [0.25, 0.3) is 6.08 Å². The SMILES string of the molecule is O=C(/C=C/c1ccco1)N1CC[C@@H](Oc2cccnn2)C1. The molecule has 0 N–H and O–H groups in total. The van der Waals surface area contributed by atoms with Crippen molar-refractivity contribution in [1.82, 2.24) is 15.1 Å². The Balaban J connectivity index is 1.53. The van der Waals surface area contributed by atoms with E-state index in [1.165, 1.54) is 6.08 Å². The molecule has 1 saturated heterocycles. The number of hydrogen-bond acceptors (Lipinski definition) is 5. The third kappa shape index (κ3) is 3.47. The zero-order valence-corrected chi connectivity index (χ0v) is 11.4. The van der Waals surface area contributed by atoms with Crippen LogP contribution >= 0.6 is 0 Å². The quantitative estimate of drug-likeness (QED) is 0.801. The monoisotopic (exact) mass is 285 g/mol. The second-order valence-electron chi connectivity index (χ2n) is 4.72. The summed E-state index contributed by atoms with van der Waals surface area (Å²) in [5, 5.41) is 7.64. The Morgan fingerprint density at radius 2 is 2.38 bits per heavy atom. The van der Waals surface area contributed by atoms with E-state index in [4.69, 9.17) is 9.15 Å². The molecule has 1 fully saturated rings. The number of nitrogens with zero attached hydrogens (tertiary/aromatic N) is 3. The molecule has 6 nitrogen and oxygen atoms in total. The van der Waals surface area contributed by atoms with Crippen molar-refractivity contribution in [2.24, 2.45) is 0 Å². The van der Waals surface area contributed by atoms with Crippen molar-refractivity contribution in [2.45, 2.75) is 12.5 Å². The van der Waals surface area contributed by atoms with E-state index in [1.54, 1.807) is 47.7 Å². The van der Waals surface area contributed by atoms with Crippen LogP contribution in [0.4, 0.5) is 0 Å². The largest absolute Gasteiger partial charge is 0.471 e. The van der Waals surface area contributed by atoms with Gasteiger partial charge in [0.05, 0.1) is 12.8 Å². The minimum Gasteiger partial charge on any atom is -0.471 e. The van der Waals surface area contributed by atoms with Gasteiger partial charge in [0.25, 0.3) is 0 Å². The van der Waals surface area contributed by atoms with Crippen LogP contribution in [0.1, 0.15) is 12.2 Å². The molecule has 2 aromatic rings. The molecule has 0 radical (unpaired) electrons. The number of likely N-dealkylation sites (tertiary alicyclic amines) is 1. The second-order valence-corrected chi connectivity index (χ2v) is 4.72. The Bertz CT molecular complexity index is 610. The zero-order chi connectivity index (χ0) is 14.5. The molecule has 3 heterocycles. The molecule has 6 heteroatoms. The van der Waals surface area contributed by atoms with Crippen LogP contribution < -0.4 is 4.74 Å². The summed E-state index contributed by atoms with van der Waals surface area (Å²) < 4.78 is 10.8. The molecule has 1 amide bonds. The molecule has 0 bridgehead atoms. The lowest BCUT2D eigenvalue weighted by atomic mass is 10.3. The summed E-state index contributed by atoms with van der Waals surface area (Å²) in [6, 6.07) is 7.11. The average Bonchev–Trinajstić information content (AvgIpc) is 3.17. The van der Waals surface area contributed by atoms with Crippen LogP contribution in [-0.2, 0) is 4.79 Å². The van der Waals surface area contributed by atoms with Gasteiger partial charge in [-0.15, -0.1) is 5.10 Å². The fourth-order valence-corrected chi connectivity index (χ4v) is 2.19. The third-order valence-corrected chi connectivity index (χ3v) is 3.23. The Hall–Kier alpha value is -2.63. The number of carbonyl (C=O) groups is 1. The number of amides is 1. The Kier molecular flexibility index (Phi) is 3.95. The van der Waals surface area contributed by atoms with Crippen LogP contribution in [0.2, 0.25) is 0 Å². The standard InChI is InChI=1S/C15H15N3O3/c19-15(6-5-12-3-2-10-20-12)18-9-7-13(11-18)21-14-4-1-8-16-17-14/h1-6,8,10,13H,7,9,11H2/b6-5+/t13-/m1/s1. The fraction of sp³-hybridized carbons (Fsp3) is 0.267. The number of aromatic nitrogens is 2. The summed E-state index contributed by atoms with van der Waals surface area (Å²) in [5.74, 6) is 1.11. The van der Waals surface area contributed by atoms with E-state index in [0.29, 0.717) is 24.7 Å². The number of ether oxygens (including phenoxy) is 1. The molecule has 108 valence electrons. The lowest BCUT2D eigenvalue weighted by Gasteiger charge is -2.14. The van der Waals surface area contributed by atoms with Gasteiger partial charge in [-0.05, 0) is 24.3 Å². The van der Waals surface area contributed by atoms with Crippen molar-refractivity contribution in [2.75, 3.05) is 13.1 Å². The van der Waals surface area contributed by atoms with Crippen LogP contribution in [0.5, 0.6) is 5.88 Å². The third-order valence-electron chi connectivity index (χ3n) is 3.23. The van der Waals surface area contributed by atoms with Gasteiger partial charge >= 0.3 is 0 Å². The molecule has 3 rings (SSSR count). The lowest BCUT2D eigenvalue weighted by molar-refractivity contribution is -0.125. The van der Waals surface area contributed by atoms with Gasteiger partial charge in [-0.3, -0.25) is 4.79 Å². The van der Waals surface area contributed by atoms with Crippen LogP contribution in [-0.4, -0.2) is 40.2 Å². The lowest BCUT2D eigenvalue weighted by Crippen LogP contribution is -2.29. The molecule has 21 heavy (non-hydrogen) atoms. The van der Waals surface area contributed by atoms with E-state index in [2.05, 4.69) is 10.2 Å². The minimum absolute atomic E-state index is 0.0392. The molecule has 0 spiro atoms. The number of hydrogen-bond donors (Lipinski definition) is 0. The van der Waals surface area contributed by atoms with E-state index in [-0.39, 0.29) is 12.0 Å². The number of rotatable bonds is 4. The maximum absolute atomic E-state index is 12.1. The number of carbonyl (C=O) groups excluding carboxylic acids is 1. The molecule has 1 aliphatic heterocycles. The first-order valence-corrected chi connectivity index (χ1v) is 6.76. The van der Waals surface area contributed by atoms with Crippen LogP contribution in [0.15, 0.2) is 47.2 Å². The van der Waals surface area contributed by atoms with Crippen LogP contribution in [0, 0.1) is 0 Å². The Morgan fingerprint density at radius 1 is 1.43 bits per heavy atom. The highest BCUT2D eigenvalue weighted by Gasteiger charge is 2.26. The van der Waals surface area contributed by atoms with E-state index in [1.807, 2.05) is 0 Å². The van der Waals surface area contributed by atoms with Gasteiger partial charge in [-0.1, -0.05) is 0 Å². The summed E-state index contributed by atoms with van der Waals surface area (Å²) in [6.45, 7) is 1.23. The van der Waals surface area contributed by atoms with Gasteiger partial charge in [-0.25, -0.2) is 0 Å². The summed E-state index contributed by atoms with van der Waals surface area (Å²) in [5.41, 5.74) is 0. The molecule has 1 aliphatic rings. The second kappa shape index (κ2) is 6.21. The van der Waals surface area contributed by atoms with Crippen molar-refractivity contribution in [3.05, 3.63) is 48.6 Å². The van der Waals surface area contributed by atoms with Gasteiger partial charge in [-0.2, -0.15) is 5.10 Å². The Labute approximate surface area is 122 Å². The zero-order valence-electron chi connectivity index (χ0n) is 11.4. The maximum Gasteiger partial charge on any atom is 0.246 e. The van der Waals surface area contributed by atoms with Gasteiger partial charge in [0, 0.05) is 31.3 Å². The van der Waals surface area contributed by atoms with Crippen molar-refractivity contribution < 1.29 is 13.9 Å². The molecule has 1 atom stereocenters. The van der Waals surface area contributed by atoms with Gasteiger partial charge in [0.15, 0.2) is 0 Å². The van der Waals surface area contributed by atoms with E-state index >= 15 is 0 Å². The molecule has 0 aromatic carbocycles. The van der Waals surface area contributed by atoms with E-state index in [0.717, 1.165) is 6.42 Å². The molecular weight excluding hydrogens is 270 g/mol. The molecule has 0 aliphatic carbocycles. The van der Waals surface area contributed by atoms with Crippen molar-refractivity contribution in [3.63, 3.8) is 0 Å². The number of furan rings is 1. The minimum atomic E-state index is -0.0448. The van der Waals surface area contributed by atoms with E-state index < -0.39 is 0 Å². The average molecular weight is 285 g/mol. The van der Waals surface area contributed by atoms with Gasteiger partial charge in [0.1, 0.15) is 11.9 Å². The van der Waals surface area contributed by atoms with Gasteiger partial charge in [0.2, 0.25) is 11.8 Å². The highest BCUT2D eigenvalue weighted by molar-refractivity contribution is 5.91.